The number of benzene rings is 3. The molecule has 0 saturated heterocycles. The molecule has 0 fully saturated rings. The Labute approximate surface area is 350 Å². The lowest BCUT2D eigenvalue weighted by atomic mass is 9.63. The Balaban J connectivity index is 1.66. The van der Waals surface area contributed by atoms with Crippen LogP contribution in [0.3, 0.4) is 0 Å². The van der Waals surface area contributed by atoms with Gasteiger partial charge in [0.2, 0.25) is 0 Å². The van der Waals surface area contributed by atoms with E-state index in [0.717, 1.165) is 0 Å². The maximum atomic E-state index is 4.01. The minimum atomic E-state index is 0.0715. The molecular formula is C52H76Br2. The Hall–Kier alpha value is -1.38. The first kappa shape index (κ1) is 43.7. The zero-order valence-corrected chi connectivity index (χ0v) is 38.3. The van der Waals surface area contributed by atoms with Crippen LogP contribution in [0.2, 0.25) is 0 Å². The van der Waals surface area contributed by atoms with Crippen LogP contribution in [0.1, 0.15) is 230 Å². The predicted molar refractivity (Wildman–Crippen MR) is 246 cm³/mol. The average Bonchev–Trinajstić information content (AvgIpc) is 3.60. The molecule has 0 radical (unpaired) electrons. The third-order valence-electron chi connectivity index (χ3n) is 13.6. The topological polar surface area (TPSA) is 0 Å². The molecule has 3 aromatic rings. The lowest BCUT2D eigenvalue weighted by Gasteiger charge is -2.40. The molecule has 0 N–H and O–H groups in total. The van der Waals surface area contributed by atoms with E-state index in [9.17, 15) is 0 Å². The highest BCUT2D eigenvalue weighted by molar-refractivity contribution is 9.10. The standard InChI is InChI=1S/C52H76Br2/c1-5-9-13-17-21-25-35-51(36-26-22-18-14-10-6-2)47-39-41(53)29-31-43(47)45-33-34-46-44-32-30-42(54)40-48(44)52(50(46)49(45)51,37-27-23-19-15-11-7-3)38-28-24-20-16-12-8-4/h29-34,39-40H,5-28,35-38H2,1-4H3. The van der Waals surface area contributed by atoms with Gasteiger partial charge in [0.1, 0.15) is 0 Å². The van der Waals surface area contributed by atoms with Crippen LogP contribution in [0.5, 0.6) is 0 Å². The summed E-state index contributed by atoms with van der Waals surface area (Å²) in [4.78, 5) is 0. The van der Waals surface area contributed by atoms with Crippen molar-refractivity contribution in [2.24, 2.45) is 0 Å². The van der Waals surface area contributed by atoms with Crippen molar-refractivity contribution in [1.82, 2.24) is 0 Å². The number of rotatable bonds is 28. The Morgan fingerprint density at radius 2 is 0.593 bits per heavy atom. The summed E-state index contributed by atoms with van der Waals surface area (Å²) in [6.07, 6.45) is 37.7. The van der Waals surface area contributed by atoms with Gasteiger partial charge in [0.05, 0.1) is 0 Å². The molecule has 0 spiro atoms. The van der Waals surface area contributed by atoms with Gasteiger partial charge in [0.25, 0.3) is 0 Å². The van der Waals surface area contributed by atoms with E-state index in [1.165, 1.54) is 200 Å². The summed E-state index contributed by atoms with van der Waals surface area (Å²) in [5.74, 6) is 0. The van der Waals surface area contributed by atoms with Gasteiger partial charge in [-0.05, 0) is 94.5 Å². The highest BCUT2D eigenvalue weighted by Gasteiger charge is 2.51. The van der Waals surface area contributed by atoms with Crippen molar-refractivity contribution in [2.45, 2.75) is 218 Å². The number of hydrogen-bond donors (Lipinski definition) is 0. The molecule has 298 valence electrons. The van der Waals surface area contributed by atoms with Crippen molar-refractivity contribution in [1.29, 1.82) is 0 Å². The number of fused-ring (bicyclic) bond motifs is 7. The van der Waals surface area contributed by atoms with E-state index in [1.54, 1.807) is 33.4 Å². The molecule has 2 aliphatic rings. The molecule has 5 rings (SSSR count). The van der Waals surface area contributed by atoms with Gasteiger partial charge in [-0.25, -0.2) is 0 Å². The van der Waals surface area contributed by atoms with E-state index < -0.39 is 0 Å². The van der Waals surface area contributed by atoms with Gasteiger partial charge in [-0.1, -0.05) is 238 Å². The monoisotopic (exact) mass is 858 g/mol. The average molecular weight is 861 g/mol. The predicted octanol–water partition coefficient (Wildman–Crippen LogP) is 18.7. The molecule has 2 aliphatic carbocycles. The highest BCUT2D eigenvalue weighted by atomic mass is 79.9. The molecule has 2 heteroatoms. The van der Waals surface area contributed by atoms with Crippen molar-refractivity contribution < 1.29 is 0 Å². The van der Waals surface area contributed by atoms with Gasteiger partial charge < -0.3 is 0 Å². The molecule has 3 aromatic carbocycles. The SMILES string of the molecule is CCCCCCCCC1(CCCCCCCC)c2cc(Br)ccc2-c2ccc3c(c21)C(CCCCCCCC)(CCCCCCCC)c1cc(Br)ccc1-3. The second-order valence-electron chi connectivity index (χ2n) is 17.5. The van der Waals surface area contributed by atoms with E-state index >= 15 is 0 Å². The fraction of sp³-hybridized carbons (Fsp3) is 0.654. The molecule has 0 aromatic heterocycles. The molecule has 0 heterocycles. The van der Waals surface area contributed by atoms with Crippen molar-refractivity contribution in [3.05, 3.63) is 79.7 Å². The molecule has 0 nitrogen and oxygen atoms in total. The fourth-order valence-corrected chi connectivity index (χ4v) is 11.4. The third kappa shape index (κ3) is 10.4. The first-order chi connectivity index (χ1) is 26.5. The number of hydrogen-bond acceptors (Lipinski definition) is 0. The maximum Gasteiger partial charge on any atom is 0.0218 e. The van der Waals surface area contributed by atoms with Crippen molar-refractivity contribution in [2.75, 3.05) is 0 Å². The van der Waals surface area contributed by atoms with Gasteiger partial charge in [-0.2, -0.15) is 0 Å². The minimum Gasteiger partial charge on any atom is -0.0654 e. The Morgan fingerprint density at radius 1 is 0.333 bits per heavy atom. The third-order valence-corrected chi connectivity index (χ3v) is 14.6. The van der Waals surface area contributed by atoms with Gasteiger partial charge in [0, 0.05) is 19.8 Å². The molecular weight excluding hydrogens is 784 g/mol. The molecule has 0 bridgehead atoms. The Morgan fingerprint density at radius 3 is 0.889 bits per heavy atom. The zero-order chi connectivity index (χ0) is 38.2. The van der Waals surface area contributed by atoms with Crippen molar-refractivity contribution >= 4 is 31.9 Å². The van der Waals surface area contributed by atoms with Crippen LogP contribution in [0.4, 0.5) is 0 Å². The van der Waals surface area contributed by atoms with E-state index in [-0.39, 0.29) is 10.8 Å². The molecule has 0 saturated carbocycles. The lowest BCUT2D eigenvalue weighted by Crippen LogP contribution is -2.33. The molecule has 0 amide bonds. The van der Waals surface area contributed by atoms with E-state index in [2.05, 4.69) is 108 Å². The number of halogens is 2. The fourth-order valence-electron chi connectivity index (χ4n) is 10.7. The first-order valence-corrected chi connectivity index (χ1v) is 24.8. The largest absolute Gasteiger partial charge is 0.0654 e. The van der Waals surface area contributed by atoms with Crippen LogP contribution in [-0.4, -0.2) is 0 Å². The maximum absolute atomic E-state index is 4.01. The minimum absolute atomic E-state index is 0.0715. The molecule has 54 heavy (non-hydrogen) atoms. The lowest BCUT2D eigenvalue weighted by molar-refractivity contribution is 0.368. The van der Waals surface area contributed by atoms with Crippen molar-refractivity contribution in [3.8, 4) is 22.3 Å². The van der Waals surface area contributed by atoms with Gasteiger partial charge in [-0.3, -0.25) is 0 Å². The van der Waals surface area contributed by atoms with E-state index in [1.807, 2.05) is 0 Å². The van der Waals surface area contributed by atoms with Crippen LogP contribution in [0.25, 0.3) is 22.3 Å². The summed E-state index contributed by atoms with van der Waals surface area (Å²) in [6.45, 7) is 9.39. The molecule has 0 atom stereocenters. The number of unbranched alkanes of at least 4 members (excludes halogenated alkanes) is 20. The Kier molecular flexibility index (Phi) is 18.2. The first-order valence-electron chi connectivity index (χ1n) is 23.3. The van der Waals surface area contributed by atoms with E-state index in [4.69, 9.17) is 0 Å². The summed E-state index contributed by atoms with van der Waals surface area (Å²) < 4.78 is 2.50. The van der Waals surface area contributed by atoms with Gasteiger partial charge >= 0.3 is 0 Å². The van der Waals surface area contributed by atoms with Gasteiger partial charge in [-0.15, -0.1) is 0 Å². The second-order valence-corrected chi connectivity index (χ2v) is 19.4. The molecule has 0 unspecified atom stereocenters. The van der Waals surface area contributed by atoms with E-state index in [0.29, 0.717) is 0 Å². The zero-order valence-electron chi connectivity index (χ0n) is 35.2. The summed E-state index contributed by atoms with van der Waals surface area (Å²) in [5.41, 5.74) is 13.1. The van der Waals surface area contributed by atoms with Crippen LogP contribution < -0.4 is 0 Å². The summed E-state index contributed by atoms with van der Waals surface area (Å²) in [7, 11) is 0. The van der Waals surface area contributed by atoms with Crippen molar-refractivity contribution in [3.63, 3.8) is 0 Å². The summed E-state index contributed by atoms with van der Waals surface area (Å²) in [6, 6.07) is 19.9. The smallest absolute Gasteiger partial charge is 0.0218 e. The quantitative estimate of drug-likeness (QED) is 0.0638. The second kappa shape index (κ2) is 22.5. The van der Waals surface area contributed by atoms with Gasteiger partial charge in [0.15, 0.2) is 0 Å². The highest BCUT2D eigenvalue weighted by Crippen LogP contribution is 2.64. The van der Waals surface area contributed by atoms with Crippen LogP contribution >= 0.6 is 31.9 Å². The van der Waals surface area contributed by atoms with Crippen LogP contribution in [0, 0.1) is 0 Å². The normalized spacial score (nSPS) is 14.6. The molecule has 0 aliphatic heterocycles. The van der Waals surface area contributed by atoms with Crippen LogP contribution in [-0.2, 0) is 10.8 Å². The summed E-state index contributed by atoms with van der Waals surface area (Å²) >= 11 is 8.03. The van der Waals surface area contributed by atoms with Crippen LogP contribution in [0.15, 0.2) is 57.5 Å². The Bertz CT molecular complexity index is 1420. The summed E-state index contributed by atoms with van der Waals surface area (Å²) in [5, 5.41) is 0.